The van der Waals surface area contributed by atoms with Crippen molar-refractivity contribution in [3.05, 3.63) is 58.7 Å². The molecule has 2 aromatic rings. The zero-order valence-electron chi connectivity index (χ0n) is 16.9. The number of carbonyl (C=O) groups is 3. The van der Waals surface area contributed by atoms with E-state index in [1.54, 1.807) is 18.2 Å². The first-order valence-electron chi connectivity index (χ1n) is 9.28. The molecule has 0 saturated carbocycles. The van der Waals surface area contributed by atoms with Gasteiger partial charge in [0.05, 0.1) is 18.4 Å². The second-order valence-corrected chi connectivity index (χ2v) is 7.02. The van der Waals surface area contributed by atoms with Crippen LogP contribution in [0.2, 0.25) is 0 Å². The van der Waals surface area contributed by atoms with Crippen LogP contribution in [0.1, 0.15) is 39.9 Å². The van der Waals surface area contributed by atoms with Crippen LogP contribution < -0.4 is 10.3 Å². The van der Waals surface area contributed by atoms with Crippen LogP contribution in [-0.4, -0.2) is 30.6 Å². The molecule has 0 bridgehead atoms. The third kappa shape index (κ3) is 4.34. The number of esters is 1. The van der Waals surface area contributed by atoms with Crippen LogP contribution in [0.15, 0.2) is 41.5 Å². The molecule has 1 aliphatic rings. The summed E-state index contributed by atoms with van der Waals surface area (Å²) in [5.74, 6) is -1.04. The average molecular weight is 393 g/mol. The highest BCUT2D eigenvalue weighted by Crippen LogP contribution is 2.26. The molecule has 1 aliphatic heterocycles. The van der Waals surface area contributed by atoms with Gasteiger partial charge in [-0.15, -0.1) is 0 Å². The Bertz CT molecular complexity index is 1030. The predicted octanol–water partition coefficient (Wildman–Crippen LogP) is 3.52. The van der Waals surface area contributed by atoms with Gasteiger partial charge in [-0.2, -0.15) is 5.10 Å². The molecular weight excluding hydrogens is 370 g/mol. The van der Waals surface area contributed by atoms with E-state index in [1.165, 1.54) is 12.1 Å². The van der Waals surface area contributed by atoms with Gasteiger partial charge in [0.2, 0.25) is 5.91 Å². The van der Waals surface area contributed by atoms with Crippen LogP contribution in [-0.2, 0) is 14.3 Å². The summed E-state index contributed by atoms with van der Waals surface area (Å²) >= 11 is 0. The van der Waals surface area contributed by atoms with Crippen molar-refractivity contribution in [2.45, 2.75) is 33.6 Å². The topological polar surface area (TPSA) is 88.1 Å². The van der Waals surface area contributed by atoms with Crippen molar-refractivity contribution in [2.75, 3.05) is 17.4 Å². The fourth-order valence-electron chi connectivity index (χ4n) is 3.05. The van der Waals surface area contributed by atoms with E-state index in [0.29, 0.717) is 16.9 Å². The molecule has 29 heavy (non-hydrogen) atoms. The van der Waals surface area contributed by atoms with Gasteiger partial charge in [-0.3, -0.25) is 9.59 Å². The second kappa shape index (κ2) is 8.26. The van der Waals surface area contributed by atoms with E-state index in [0.717, 1.165) is 16.7 Å². The lowest BCUT2D eigenvalue weighted by atomic mass is 10.1. The molecule has 0 aromatic heterocycles. The number of anilines is 2. The number of rotatable bonds is 4. The Kier molecular flexibility index (Phi) is 5.77. The molecule has 1 heterocycles. The number of ether oxygens (including phenoxy) is 1. The summed E-state index contributed by atoms with van der Waals surface area (Å²) in [6.07, 6.45) is 0.447. The number of amides is 2. The third-order valence-corrected chi connectivity index (χ3v) is 4.79. The van der Waals surface area contributed by atoms with E-state index in [-0.39, 0.29) is 24.5 Å². The van der Waals surface area contributed by atoms with Crippen LogP contribution in [0.4, 0.5) is 11.4 Å². The third-order valence-electron chi connectivity index (χ3n) is 4.79. The van der Waals surface area contributed by atoms with E-state index in [4.69, 9.17) is 4.74 Å². The number of hydrogen-bond acceptors (Lipinski definition) is 5. The summed E-state index contributed by atoms with van der Waals surface area (Å²) in [6, 6.07) is 10.7. The smallest absolute Gasteiger partial charge is 0.337 e. The number of hydrazone groups is 1. The molecule has 0 atom stereocenters. The van der Waals surface area contributed by atoms with E-state index in [1.807, 2.05) is 39.0 Å². The maximum absolute atomic E-state index is 12.8. The summed E-state index contributed by atoms with van der Waals surface area (Å²) in [7, 11) is 1.30. The van der Waals surface area contributed by atoms with Gasteiger partial charge < -0.3 is 10.1 Å². The number of carbonyl (C=O) groups excluding carboxylic acids is 3. The molecular formula is C22H23N3O4. The summed E-state index contributed by atoms with van der Waals surface area (Å²) in [5, 5.41) is 8.43. The zero-order chi connectivity index (χ0) is 21.1. The largest absolute Gasteiger partial charge is 0.465 e. The van der Waals surface area contributed by atoms with Gasteiger partial charge in [-0.05, 0) is 55.7 Å². The number of nitrogens with zero attached hydrogens (tertiary/aromatic N) is 2. The van der Waals surface area contributed by atoms with E-state index >= 15 is 0 Å². The fourth-order valence-corrected chi connectivity index (χ4v) is 3.05. The lowest BCUT2D eigenvalue weighted by molar-refractivity contribution is -0.118. The van der Waals surface area contributed by atoms with Crippen molar-refractivity contribution in [1.82, 2.24) is 0 Å². The molecule has 150 valence electrons. The van der Waals surface area contributed by atoms with E-state index < -0.39 is 11.9 Å². The normalized spacial score (nSPS) is 13.7. The second-order valence-electron chi connectivity index (χ2n) is 7.02. The number of hydrogen-bond donors (Lipinski definition) is 1. The predicted molar refractivity (Wildman–Crippen MR) is 111 cm³/mol. The first kappa shape index (κ1) is 20.3. The molecule has 0 spiro atoms. The molecule has 7 heteroatoms. The van der Waals surface area contributed by atoms with Crippen LogP contribution in [0.3, 0.4) is 0 Å². The van der Waals surface area contributed by atoms with Gasteiger partial charge in [0.15, 0.2) is 0 Å². The molecule has 0 saturated heterocycles. The van der Waals surface area contributed by atoms with Gasteiger partial charge in [-0.1, -0.05) is 18.2 Å². The summed E-state index contributed by atoms with van der Waals surface area (Å²) in [6.45, 7) is 5.66. The van der Waals surface area contributed by atoms with E-state index in [2.05, 4.69) is 10.4 Å². The van der Waals surface area contributed by atoms with E-state index in [9.17, 15) is 14.4 Å². The number of benzene rings is 2. The fraction of sp³-hybridized carbons (Fsp3) is 0.273. The first-order valence-corrected chi connectivity index (χ1v) is 9.28. The number of methoxy groups -OCH3 is 1. The summed E-state index contributed by atoms with van der Waals surface area (Å²) < 4.78 is 4.73. The molecule has 0 radical (unpaired) electrons. The van der Waals surface area contributed by atoms with Crippen molar-refractivity contribution in [3.63, 3.8) is 0 Å². The maximum Gasteiger partial charge on any atom is 0.337 e. The van der Waals surface area contributed by atoms with Crippen molar-refractivity contribution in [3.8, 4) is 0 Å². The molecule has 2 amide bonds. The molecule has 2 aromatic carbocycles. The Labute approximate surface area is 169 Å². The molecule has 7 nitrogen and oxygen atoms in total. The minimum absolute atomic E-state index is 0.154. The SMILES string of the molecule is COC(=O)c1ccc(C)c(NC(=O)C2=NN(c3cc(C)ccc3C)C(=O)CC2)c1. The molecule has 1 N–H and O–H groups in total. The van der Waals surface area contributed by atoms with Crippen molar-refractivity contribution in [2.24, 2.45) is 5.10 Å². The number of aryl methyl sites for hydroxylation is 3. The Hall–Kier alpha value is -3.48. The Balaban J connectivity index is 1.88. The van der Waals surface area contributed by atoms with Crippen LogP contribution in [0.25, 0.3) is 0 Å². The number of nitrogens with one attached hydrogen (secondary N) is 1. The minimum atomic E-state index is -0.484. The minimum Gasteiger partial charge on any atom is -0.465 e. The van der Waals surface area contributed by atoms with Gasteiger partial charge in [0.1, 0.15) is 5.71 Å². The van der Waals surface area contributed by atoms with Crippen LogP contribution in [0, 0.1) is 20.8 Å². The lowest BCUT2D eigenvalue weighted by Gasteiger charge is -2.25. The summed E-state index contributed by atoms with van der Waals surface area (Å²) in [4.78, 5) is 37.0. The summed E-state index contributed by atoms with van der Waals surface area (Å²) in [5.41, 5.74) is 4.46. The highest BCUT2D eigenvalue weighted by Gasteiger charge is 2.27. The average Bonchev–Trinajstić information content (AvgIpc) is 2.71. The standard InChI is InChI=1S/C22H23N3O4/c1-13-5-6-15(3)19(11-13)25-20(26)10-9-17(24-25)21(27)23-18-12-16(22(28)29-4)8-7-14(18)2/h5-8,11-12H,9-10H2,1-4H3,(H,23,27). The molecule has 3 rings (SSSR count). The molecule has 0 fully saturated rings. The lowest BCUT2D eigenvalue weighted by Crippen LogP contribution is -2.36. The highest BCUT2D eigenvalue weighted by molar-refractivity contribution is 6.44. The van der Waals surface area contributed by atoms with Crippen LogP contribution >= 0.6 is 0 Å². The van der Waals surface area contributed by atoms with Crippen LogP contribution in [0.5, 0.6) is 0 Å². The van der Waals surface area contributed by atoms with Gasteiger partial charge >= 0.3 is 5.97 Å². The first-order chi connectivity index (χ1) is 13.8. The monoisotopic (exact) mass is 393 g/mol. The highest BCUT2D eigenvalue weighted by atomic mass is 16.5. The molecule has 0 aliphatic carbocycles. The van der Waals surface area contributed by atoms with Gasteiger partial charge in [-0.25, -0.2) is 9.80 Å². The Morgan fingerprint density at radius 2 is 1.76 bits per heavy atom. The van der Waals surface area contributed by atoms with Crippen molar-refractivity contribution >= 4 is 34.9 Å². The van der Waals surface area contributed by atoms with Gasteiger partial charge in [0.25, 0.3) is 5.91 Å². The quantitative estimate of drug-likeness (QED) is 0.805. The van der Waals surface area contributed by atoms with Crippen molar-refractivity contribution in [1.29, 1.82) is 0 Å². The Morgan fingerprint density at radius 1 is 1.03 bits per heavy atom. The zero-order valence-corrected chi connectivity index (χ0v) is 16.9. The Morgan fingerprint density at radius 3 is 2.48 bits per heavy atom. The van der Waals surface area contributed by atoms with Gasteiger partial charge in [0, 0.05) is 18.5 Å². The maximum atomic E-state index is 12.8. The van der Waals surface area contributed by atoms with Crippen molar-refractivity contribution < 1.29 is 19.1 Å². The molecule has 0 unspecified atom stereocenters.